The van der Waals surface area contributed by atoms with Gasteiger partial charge in [-0.15, -0.1) is 0 Å². The van der Waals surface area contributed by atoms with Gasteiger partial charge in [-0.3, -0.25) is 4.68 Å². The van der Waals surface area contributed by atoms with E-state index in [1.807, 2.05) is 16.8 Å². The molecule has 1 aromatic heterocycles. The third-order valence-electron chi connectivity index (χ3n) is 3.69. The first-order valence-corrected chi connectivity index (χ1v) is 6.79. The Morgan fingerprint density at radius 1 is 1.32 bits per heavy atom. The van der Waals surface area contributed by atoms with E-state index >= 15 is 0 Å². The molecule has 0 atom stereocenters. The van der Waals surface area contributed by atoms with Crippen molar-refractivity contribution in [2.75, 3.05) is 37.4 Å². The van der Waals surface area contributed by atoms with Crippen molar-refractivity contribution in [1.82, 2.24) is 9.78 Å². The van der Waals surface area contributed by atoms with Gasteiger partial charge in [-0.1, -0.05) is 0 Å². The lowest BCUT2D eigenvalue weighted by Gasteiger charge is -2.20. The summed E-state index contributed by atoms with van der Waals surface area (Å²) < 4.78 is 7.04. The van der Waals surface area contributed by atoms with Gasteiger partial charge in [-0.2, -0.15) is 5.10 Å². The lowest BCUT2D eigenvalue weighted by Crippen LogP contribution is -2.19. The first kappa shape index (κ1) is 12.3. The molecule has 1 saturated heterocycles. The highest BCUT2D eigenvalue weighted by molar-refractivity contribution is 5.98. The third-order valence-corrected chi connectivity index (χ3v) is 3.69. The zero-order chi connectivity index (χ0) is 13.2. The predicted molar refractivity (Wildman–Crippen MR) is 77.5 cm³/mol. The molecule has 102 valence electrons. The van der Waals surface area contributed by atoms with Crippen LogP contribution in [0.4, 0.5) is 11.4 Å². The summed E-state index contributed by atoms with van der Waals surface area (Å²) in [6.45, 7) is 3.62. The van der Waals surface area contributed by atoms with Gasteiger partial charge < -0.3 is 15.4 Å². The van der Waals surface area contributed by atoms with Crippen LogP contribution in [0.3, 0.4) is 0 Å². The number of nitrogens with zero attached hydrogens (tertiary/aromatic N) is 3. The summed E-state index contributed by atoms with van der Waals surface area (Å²) in [5.74, 6) is 0. The average Bonchev–Trinajstić information content (AvgIpc) is 3.04. The number of nitrogen functional groups attached to an aromatic ring is 1. The minimum atomic E-state index is 0.669. The van der Waals surface area contributed by atoms with Crippen molar-refractivity contribution in [1.29, 1.82) is 0 Å². The van der Waals surface area contributed by atoms with Crippen LogP contribution in [-0.2, 0) is 11.3 Å². The molecule has 1 aliphatic rings. The van der Waals surface area contributed by atoms with E-state index in [-0.39, 0.29) is 0 Å². The van der Waals surface area contributed by atoms with Crippen LogP contribution in [0.25, 0.3) is 10.9 Å². The van der Waals surface area contributed by atoms with E-state index in [9.17, 15) is 0 Å². The number of hydrogen-bond donors (Lipinski definition) is 1. The Morgan fingerprint density at radius 2 is 2.11 bits per heavy atom. The predicted octanol–water partition coefficient (Wildman–Crippen LogP) is 1.87. The molecule has 0 bridgehead atoms. The fourth-order valence-electron chi connectivity index (χ4n) is 2.74. The van der Waals surface area contributed by atoms with Gasteiger partial charge in [-0.25, -0.2) is 0 Å². The molecule has 2 heterocycles. The SMILES string of the molecule is COCCn1cc2c(N3CCCC3)c(N)ccc2n1. The van der Waals surface area contributed by atoms with E-state index in [0.29, 0.717) is 6.61 Å². The molecule has 0 amide bonds. The molecule has 2 aromatic rings. The molecule has 2 N–H and O–H groups in total. The molecule has 0 spiro atoms. The number of nitrogens with two attached hydrogens (primary N) is 1. The Hall–Kier alpha value is -1.75. The van der Waals surface area contributed by atoms with Crippen LogP contribution in [0.5, 0.6) is 0 Å². The van der Waals surface area contributed by atoms with Crippen molar-refractivity contribution in [3.8, 4) is 0 Å². The Kier molecular flexibility index (Phi) is 3.29. The second kappa shape index (κ2) is 5.09. The van der Waals surface area contributed by atoms with Gasteiger partial charge in [-0.05, 0) is 25.0 Å². The van der Waals surface area contributed by atoms with E-state index in [2.05, 4.69) is 16.2 Å². The molecular formula is C14H20N4O. The fraction of sp³-hybridized carbons (Fsp3) is 0.500. The van der Waals surface area contributed by atoms with Gasteiger partial charge in [0, 0.05) is 31.8 Å². The highest BCUT2D eigenvalue weighted by Crippen LogP contribution is 2.34. The topological polar surface area (TPSA) is 56.3 Å². The van der Waals surface area contributed by atoms with Crippen LogP contribution in [-0.4, -0.2) is 36.6 Å². The fourth-order valence-corrected chi connectivity index (χ4v) is 2.74. The number of methoxy groups -OCH3 is 1. The molecule has 1 aromatic carbocycles. The van der Waals surface area contributed by atoms with Crippen LogP contribution in [0.1, 0.15) is 12.8 Å². The number of benzene rings is 1. The van der Waals surface area contributed by atoms with E-state index in [0.717, 1.165) is 41.9 Å². The molecular weight excluding hydrogens is 240 g/mol. The minimum absolute atomic E-state index is 0.669. The summed E-state index contributed by atoms with van der Waals surface area (Å²) in [6, 6.07) is 3.96. The number of aromatic nitrogens is 2. The maximum atomic E-state index is 6.17. The van der Waals surface area contributed by atoms with Crippen molar-refractivity contribution in [3.05, 3.63) is 18.3 Å². The molecule has 0 radical (unpaired) electrons. The summed E-state index contributed by atoms with van der Waals surface area (Å²) in [6.07, 6.45) is 4.57. The van der Waals surface area contributed by atoms with Crippen LogP contribution in [0.2, 0.25) is 0 Å². The molecule has 5 heteroatoms. The Morgan fingerprint density at radius 3 is 2.84 bits per heavy atom. The van der Waals surface area contributed by atoms with E-state index in [1.54, 1.807) is 7.11 Å². The molecule has 0 aliphatic carbocycles. The highest BCUT2D eigenvalue weighted by atomic mass is 16.5. The maximum Gasteiger partial charge on any atom is 0.0945 e. The zero-order valence-corrected chi connectivity index (χ0v) is 11.3. The summed E-state index contributed by atoms with van der Waals surface area (Å²) in [7, 11) is 1.71. The van der Waals surface area contributed by atoms with Crippen molar-refractivity contribution < 1.29 is 4.74 Å². The average molecular weight is 260 g/mol. The Bertz CT molecular complexity index is 572. The number of rotatable bonds is 4. The highest BCUT2D eigenvalue weighted by Gasteiger charge is 2.18. The van der Waals surface area contributed by atoms with Gasteiger partial charge in [0.15, 0.2) is 0 Å². The van der Waals surface area contributed by atoms with Crippen LogP contribution in [0.15, 0.2) is 18.3 Å². The molecule has 19 heavy (non-hydrogen) atoms. The first-order chi connectivity index (χ1) is 9.29. The zero-order valence-electron chi connectivity index (χ0n) is 11.3. The lowest BCUT2D eigenvalue weighted by atomic mass is 10.1. The van der Waals surface area contributed by atoms with Crippen molar-refractivity contribution in [3.63, 3.8) is 0 Å². The number of ether oxygens (including phenoxy) is 1. The van der Waals surface area contributed by atoms with Crippen molar-refractivity contribution in [2.45, 2.75) is 19.4 Å². The number of hydrogen-bond acceptors (Lipinski definition) is 4. The number of anilines is 2. The van der Waals surface area contributed by atoms with E-state index < -0.39 is 0 Å². The second-order valence-electron chi connectivity index (χ2n) is 5.02. The normalized spacial score (nSPS) is 15.5. The van der Waals surface area contributed by atoms with E-state index in [4.69, 9.17) is 10.5 Å². The quantitative estimate of drug-likeness (QED) is 0.853. The Balaban J connectivity index is 2.03. The van der Waals surface area contributed by atoms with Gasteiger partial charge in [0.25, 0.3) is 0 Å². The van der Waals surface area contributed by atoms with Gasteiger partial charge >= 0.3 is 0 Å². The van der Waals surface area contributed by atoms with Crippen molar-refractivity contribution in [2.24, 2.45) is 0 Å². The molecule has 0 saturated carbocycles. The van der Waals surface area contributed by atoms with Gasteiger partial charge in [0.1, 0.15) is 0 Å². The smallest absolute Gasteiger partial charge is 0.0945 e. The monoisotopic (exact) mass is 260 g/mol. The molecule has 0 unspecified atom stereocenters. The third kappa shape index (κ3) is 2.26. The lowest BCUT2D eigenvalue weighted by molar-refractivity contribution is 0.184. The molecule has 5 nitrogen and oxygen atoms in total. The van der Waals surface area contributed by atoms with Crippen LogP contribution >= 0.6 is 0 Å². The molecule has 1 fully saturated rings. The second-order valence-corrected chi connectivity index (χ2v) is 5.02. The van der Waals surface area contributed by atoms with Crippen LogP contribution < -0.4 is 10.6 Å². The minimum Gasteiger partial charge on any atom is -0.397 e. The van der Waals surface area contributed by atoms with Crippen molar-refractivity contribution >= 4 is 22.3 Å². The first-order valence-electron chi connectivity index (χ1n) is 6.79. The summed E-state index contributed by atoms with van der Waals surface area (Å²) in [4.78, 5) is 2.38. The summed E-state index contributed by atoms with van der Waals surface area (Å²) in [5, 5.41) is 5.73. The van der Waals surface area contributed by atoms with Crippen LogP contribution in [0, 0.1) is 0 Å². The largest absolute Gasteiger partial charge is 0.397 e. The number of fused-ring (bicyclic) bond motifs is 1. The van der Waals surface area contributed by atoms with Gasteiger partial charge in [0.05, 0.1) is 30.0 Å². The summed E-state index contributed by atoms with van der Waals surface area (Å²) >= 11 is 0. The Labute approximate surface area is 112 Å². The standard InChI is InChI=1S/C14H20N4O/c1-19-9-8-18-10-11-13(16-18)5-4-12(15)14(11)17-6-2-3-7-17/h4-5,10H,2-3,6-9,15H2,1H3. The summed E-state index contributed by atoms with van der Waals surface area (Å²) in [5.41, 5.74) is 9.18. The maximum absolute atomic E-state index is 6.17. The van der Waals surface area contributed by atoms with E-state index in [1.165, 1.54) is 12.8 Å². The molecule has 1 aliphatic heterocycles. The van der Waals surface area contributed by atoms with Gasteiger partial charge in [0.2, 0.25) is 0 Å². The molecule has 3 rings (SSSR count).